The molecule has 0 aliphatic rings. The van der Waals surface area contributed by atoms with E-state index in [0.29, 0.717) is 0 Å². The van der Waals surface area contributed by atoms with Gasteiger partial charge in [0.2, 0.25) is 0 Å². The smallest absolute Gasteiger partial charge is 0.00213 e. The molecule has 1 nitrogen and oxygen atoms in total. The maximum absolute atomic E-state index is 3.41. The summed E-state index contributed by atoms with van der Waals surface area (Å²) in [6, 6.07) is 0. The summed E-state index contributed by atoms with van der Waals surface area (Å²) >= 11 is 9.12. The second kappa shape index (κ2) is 23.5. The molecule has 0 saturated heterocycles. The van der Waals surface area contributed by atoms with Crippen molar-refractivity contribution in [1.82, 2.24) is 4.90 Å². The lowest BCUT2D eigenvalue weighted by atomic mass is 10.5. The van der Waals surface area contributed by atoms with Gasteiger partial charge in [0.25, 0.3) is 0 Å². The minimum absolute atomic E-state index is 0.943. The summed E-state index contributed by atoms with van der Waals surface area (Å²) in [5, 5.41) is 0. The molecule has 0 aliphatic carbocycles. The molecule has 0 amide bonds. The zero-order valence-corrected chi connectivity index (χ0v) is 15.4. The molecule has 0 N–H and O–H groups in total. The third-order valence-electron chi connectivity index (χ3n) is 0.877. The van der Waals surface area contributed by atoms with E-state index in [1.165, 1.54) is 19.1 Å². The van der Waals surface area contributed by atoms with Crippen molar-refractivity contribution in [2.75, 3.05) is 26.8 Å². The van der Waals surface area contributed by atoms with Crippen LogP contribution in [-0.2, 0) is 0 Å². The summed E-state index contributed by atoms with van der Waals surface area (Å²) in [4.78, 5) is 2.22. The van der Waals surface area contributed by atoms with Gasteiger partial charge in [0.05, 0.1) is 0 Å². The van der Waals surface area contributed by atoms with Crippen LogP contribution in [0.2, 0.25) is 0 Å². The predicted octanol–water partition coefficient (Wildman–Crippen LogP) is 4.27. The van der Waals surface area contributed by atoms with E-state index < -0.39 is 0 Å². The van der Waals surface area contributed by atoms with Crippen LogP contribution in [0.25, 0.3) is 0 Å². The maximum atomic E-state index is 3.41. The minimum atomic E-state index is 0.943. The molecule has 0 heterocycles. The molecule has 0 aliphatic heterocycles. The normalized spacial score (nSPS) is 9.00. The first kappa shape index (κ1) is 20.1. The van der Waals surface area contributed by atoms with Crippen molar-refractivity contribution in [2.24, 2.45) is 0 Å². The Hall–Kier alpha value is 2.69. The van der Waals surface area contributed by atoms with Crippen molar-refractivity contribution in [1.29, 1.82) is 0 Å². The van der Waals surface area contributed by atoms with Crippen LogP contribution < -0.4 is 0 Å². The van der Waals surface area contributed by atoms with Crippen LogP contribution in [0.1, 0.15) is 6.42 Å². The highest BCUT2D eigenvalue weighted by molar-refractivity contribution is 9.36. The highest BCUT2D eigenvalue weighted by atomic mass is 79.9. The van der Waals surface area contributed by atoms with Crippen molar-refractivity contribution in [3.05, 3.63) is 0 Å². The van der Waals surface area contributed by atoms with Gasteiger partial charge in [0, 0.05) is 0 Å². The second-order valence-corrected chi connectivity index (χ2v) is 4.49. The van der Waals surface area contributed by atoms with E-state index in [1.807, 2.05) is 0 Å². The van der Waals surface area contributed by atoms with Gasteiger partial charge < -0.3 is 4.90 Å². The standard InChI is InChI=1S/C5H13BrNP.2BrH2P/c1-7(2)4-3-5-8-6;2*1-2/h8H,3-5H2,1-2H3;2*2H2. The average molecular weight is 424 g/mol. The van der Waals surface area contributed by atoms with Crippen molar-refractivity contribution in [3.63, 3.8) is 0 Å². The first-order chi connectivity index (χ1) is 5.77. The largest absolute Gasteiger partial charge is 0.309 e. The topological polar surface area (TPSA) is 3.24 Å². The van der Waals surface area contributed by atoms with Gasteiger partial charge in [-0.1, -0.05) is 69.6 Å². The number of hydrogen-bond acceptors (Lipinski definition) is 1. The minimum Gasteiger partial charge on any atom is -0.309 e. The number of halogens is 3. The Morgan fingerprint density at radius 2 is 1.58 bits per heavy atom. The lowest BCUT2D eigenvalue weighted by molar-refractivity contribution is 0.410. The van der Waals surface area contributed by atoms with E-state index in [1.54, 1.807) is 0 Å². The van der Waals surface area contributed by atoms with Gasteiger partial charge in [-0.3, -0.25) is 0 Å². The molecule has 0 spiro atoms. The highest BCUT2D eigenvalue weighted by Crippen LogP contribution is 2.19. The first-order valence-corrected chi connectivity index (χ1v) is 13.0. The molecular weight excluding hydrogens is 407 g/mol. The SMILES string of the molecule is CN(C)CCCPBr.PBr.PBr. The van der Waals surface area contributed by atoms with Crippen LogP contribution in [-0.4, -0.2) is 31.7 Å². The summed E-state index contributed by atoms with van der Waals surface area (Å²) in [6.45, 7) is 1.22. The number of hydrogen-bond donors (Lipinski definition) is 0. The fourth-order valence-corrected chi connectivity index (χ4v) is 1.59. The molecule has 0 fully saturated rings. The van der Waals surface area contributed by atoms with E-state index in [-0.39, 0.29) is 0 Å². The van der Waals surface area contributed by atoms with Crippen molar-refractivity contribution < 1.29 is 0 Å². The summed E-state index contributed by atoms with van der Waals surface area (Å²) in [5.41, 5.74) is 0. The number of nitrogens with zero attached hydrogens (tertiary/aromatic N) is 1. The van der Waals surface area contributed by atoms with Gasteiger partial charge in [-0.15, -0.1) is 0 Å². The van der Waals surface area contributed by atoms with Gasteiger partial charge >= 0.3 is 0 Å². The summed E-state index contributed by atoms with van der Waals surface area (Å²) in [5.74, 6) is 0. The van der Waals surface area contributed by atoms with E-state index in [2.05, 4.69) is 81.3 Å². The fourth-order valence-electron chi connectivity index (χ4n) is 0.462. The van der Waals surface area contributed by atoms with Gasteiger partial charge in [0.1, 0.15) is 0 Å². The van der Waals surface area contributed by atoms with Crippen LogP contribution in [0.5, 0.6) is 0 Å². The Kier molecular flexibility index (Phi) is 39.4. The molecule has 12 heavy (non-hydrogen) atoms. The van der Waals surface area contributed by atoms with Crippen LogP contribution in [0.4, 0.5) is 0 Å². The summed E-state index contributed by atoms with van der Waals surface area (Å²) < 4.78 is 0. The molecule has 0 aromatic heterocycles. The first-order valence-electron chi connectivity index (χ1n) is 3.19. The van der Waals surface area contributed by atoms with E-state index in [9.17, 15) is 0 Å². The molecule has 0 bridgehead atoms. The van der Waals surface area contributed by atoms with Crippen LogP contribution in [0.3, 0.4) is 0 Å². The van der Waals surface area contributed by atoms with Crippen LogP contribution in [0.15, 0.2) is 0 Å². The highest BCUT2D eigenvalue weighted by Gasteiger charge is 1.87. The summed E-state index contributed by atoms with van der Waals surface area (Å²) in [6.07, 6.45) is 2.63. The molecule has 7 heteroatoms. The van der Waals surface area contributed by atoms with E-state index >= 15 is 0 Å². The Balaban J connectivity index is -0.000000175. The monoisotopic (exact) mass is 421 g/mol. The van der Waals surface area contributed by atoms with Gasteiger partial charge in [0.15, 0.2) is 0 Å². The predicted molar refractivity (Wildman–Crippen MR) is 82.6 cm³/mol. The Morgan fingerprint density at radius 3 is 1.83 bits per heavy atom. The van der Waals surface area contributed by atoms with Gasteiger partial charge in [-0.25, -0.2) is 0 Å². The fraction of sp³-hybridized carbons (Fsp3) is 1.00. The van der Waals surface area contributed by atoms with Crippen LogP contribution in [0, 0.1) is 0 Å². The third-order valence-corrected chi connectivity index (χ3v) is 2.61. The molecule has 0 aromatic rings. The average Bonchev–Trinajstić information content (AvgIpc) is 2.12. The molecule has 0 saturated carbocycles. The molecule has 0 radical (unpaired) electrons. The summed E-state index contributed by atoms with van der Waals surface area (Å²) in [7, 11) is 9.62. The Morgan fingerprint density at radius 1 is 1.17 bits per heavy atom. The van der Waals surface area contributed by atoms with Gasteiger partial charge in [-0.2, -0.15) is 0 Å². The zero-order chi connectivity index (χ0) is 10.4. The van der Waals surface area contributed by atoms with Gasteiger partial charge in [-0.05, 0) is 33.2 Å². The lowest BCUT2D eigenvalue weighted by Crippen LogP contribution is -2.12. The maximum Gasteiger partial charge on any atom is -0.00213 e. The molecular formula is C5H17Br3NP3. The van der Waals surface area contributed by atoms with Crippen LogP contribution >= 0.6 is 69.6 Å². The third kappa shape index (κ3) is 29.3. The van der Waals surface area contributed by atoms with E-state index in [4.69, 9.17) is 0 Å². The van der Waals surface area contributed by atoms with Crippen molar-refractivity contribution in [2.45, 2.75) is 6.42 Å². The second-order valence-electron chi connectivity index (χ2n) is 2.04. The molecule has 78 valence electrons. The lowest BCUT2D eigenvalue weighted by Gasteiger charge is -2.06. The molecule has 3 unspecified atom stereocenters. The molecule has 0 rings (SSSR count). The number of rotatable bonds is 4. The molecule has 3 atom stereocenters. The quantitative estimate of drug-likeness (QED) is 0.482. The molecule has 0 aromatic carbocycles. The van der Waals surface area contributed by atoms with Crippen molar-refractivity contribution >= 4 is 69.6 Å². The Labute approximate surface area is 107 Å². The Bertz CT molecular complexity index is 59.2. The van der Waals surface area contributed by atoms with E-state index in [0.717, 1.165) is 7.28 Å². The van der Waals surface area contributed by atoms with Crippen molar-refractivity contribution in [3.8, 4) is 0 Å². The zero-order valence-electron chi connectivity index (χ0n) is 7.36.